The number of aliphatic hydroxyl groups is 1. The van der Waals surface area contributed by atoms with Crippen molar-refractivity contribution in [3.63, 3.8) is 0 Å². The summed E-state index contributed by atoms with van der Waals surface area (Å²) >= 11 is 0. The number of rotatable bonds is 1. The van der Waals surface area contributed by atoms with Crippen LogP contribution in [0.15, 0.2) is 0 Å². The summed E-state index contributed by atoms with van der Waals surface area (Å²) in [4.78, 5) is 10.3. The molecular formula is C6H10O4. The van der Waals surface area contributed by atoms with Crippen molar-refractivity contribution >= 4 is 5.97 Å². The normalized spacial score (nSPS) is 33.7. The van der Waals surface area contributed by atoms with Crippen LogP contribution in [-0.4, -0.2) is 28.6 Å². The van der Waals surface area contributed by atoms with E-state index in [-0.39, 0.29) is 6.42 Å². The second-order valence-corrected chi connectivity index (χ2v) is 2.40. The molecule has 1 aliphatic heterocycles. The number of carboxylic acid groups (broad SMARTS) is 1. The SMILES string of the molecule is O=C(O)C1(O)CCCCO1. The maximum Gasteiger partial charge on any atom is 0.364 e. The van der Waals surface area contributed by atoms with Gasteiger partial charge < -0.3 is 14.9 Å². The Morgan fingerprint density at radius 2 is 2.20 bits per heavy atom. The van der Waals surface area contributed by atoms with Gasteiger partial charge in [0.15, 0.2) is 0 Å². The Morgan fingerprint density at radius 1 is 1.50 bits per heavy atom. The summed E-state index contributed by atoms with van der Waals surface area (Å²) in [5.74, 6) is -3.19. The molecule has 0 saturated carbocycles. The molecule has 4 nitrogen and oxygen atoms in total. The van der Waals surface area contributed by atoms with Crippen LogP contribution in [0.25, 0.3) is 0 Å². The molecule has 1 fully saturated rings. The van der Waals surface area contributed by atoms with Crippen LogP contribution < -0.4 is 0 Å². The standard InChI is InChI=1S/C6H10O4/c7-5(8)6(9)3-1-2-4-10-6/h9H,1-4H2,(H,7,8). The Bertz CT molecular complexity index is 137. The molecule has 0 radical (unpaired) electrons. The summed E-state index contributed by atoms with van der Waals surface area (Å²) in [5, 5.41) is 17.5. The van der Waals surface area contributed by atoms with Crippen LogP contribution in [-0.2, 0) is 9.53 Å². The van der Waals surface area contributed by atoms with E-state index in [1.54, 1.807) is 0 Å². The Kier molecular flexibility index (Phi) is 1.92. The Labute approximate surface area is 58.4 Å². The van der Waals surface area contributed by atoms with Gasteiger partial charge in [-0.25, -0.2) is 4.79 Å². The van der Waals surface area contributed by atoms with Crippen LogP contribution in [0.4, 0.5) is 0 Å². The molecule has 0 amide bonds. The quantitative estimate of drug-likeness (QED) is 0.544. The van der Waals surface area contributed by atoms with E-state index in [0.29, 0.717) is 13.0 Å². The third-order valence-electron chi connectivity index (χ3n) is 1.59. The van der Waals surface area contributed by atoms with Gasteiger partial charge in [0.2, 0.25) is 0 Å². The summed E-state index contributed by atoms with van der Waals surface area (Å²) in [6, 6.07) is 0. The van der Waals surface area contributed by atoms with Crippen molar-refractivity contribution in [1.82, 2.24) is 0 Å². The highest BCUT2D eigenvalue weighted by Gasteiger charge is 2.38. The Hall–Kier alpha value is -0.610. The van der Waals surface area contributed by atoms with Gasteiger partial charge >= 0.3 is 5.97 Å². The van der Waals surface area contributed by atoms with E-state index in [0.717, 1.165) is 6.42 Å². The average molecular weight is 146 g/mol. The van der Waals surface area contributed by atoms with Crippen molar-refractivity contribution in [1.29, 1.82) is 0 Å². The van der Waals surface area contributed by atoms with Crippen LogP contribution in [0.5, 0.6) is 0 Å². The van der Waals surface area contributed by atoms with Gasteiger partial charge in [-0.3, -0.25) is 0 Å². The van der Waals surface area contributed by atoms with Crippen molar-refractivity contribution in [2.24, 2.45) is 0 Å². The van der Waals surface area contributed by atoms with Crippen LogP contribution >= 0.6 is 0 Å². The highest BCUT2D eigenvalue weighted by atomic mass is 16.6. The molecule has 1 unspecified atom stereocenters. The number of carbonyl (C=O) groups is 1. The zero-order valence-electron chi connectivity index (χ0n) is 5.54. The van der Waals surface area contributed by atoms with Crippen LogP contribution in [0, 0.1) is 0 Å². The number of hydrogen-bond donors (Lipinski definition) is 2. The Balaban J connectivity index is 2.56. The molecule has 10 heavy (non-hydrogen) atoms. The predicted octanol–water partition coefficient (Wildman–Crippen LogP) is -0.0399. The van der Waals surface area contributed by atoms with Gasteiger partial charge in [-0.2, -0.15) is 0 Å². The monoisotopic (exact) mass is 146 g/mol. The fraction of sp³-hybridized carbons (Fsp3) is 0.833. The molecular weight excluding hydrogens is 136 g/mol. The number of carboxylic acids is 1. The lowest BCUT2D eigenvalue weighted by molar-refractivity contribution is -0.235. The first kappa shape index (κ1) is 7.50. The minimum absolute atomic E-state index is 0.197. The minimum Gasteiger partial charge on any atom is -0.477 e. The van der Waals surface area contributed by atoms with Crippen molar-refractivity contribution in [3.8, 4) is 0 Å². The van der Waals surface area contributed by atoms with E-state index in [9.17, 15) is 4.79 Å². The van der Waals surface area contributed by atoms with Crippen molar-refractivity contribution < 1.29 is 19.7 Å². The van der Waals surface area contributed by atoms with E-state index in [1.165, 1.54) is 0 Å². The summed E-state index contributed by atoms with van der Waals surface area (Å²) in [5.41, 5.74) is 0. The number of ether oxygens (including phenoxy) is 1. The lowest BCUT2D eigenvalue weighted by Gasteiger charge is -2.27. The topological polar surface area (TPSA) is 66.8 Å². The van der Waals surface area contributed by atoms with Gasteiger partial charge in [0, 0.05) is 6.42 Å². The Morgan fingerprint density at radius 3 is 2.50 bits per heavy atom. The second kappa shape index (κ2) is 2.56. The molecule has 58 valence electrons. The molecule has 4 heteroatoms. The molecule has 1 heterocycles. The van der Waals surface area contributed by atoms with Crippen molar-refractivity contribution in [2.45, 2.75) is 25.0 Å². The summed E-state index contributed by atoms with van der Waals surface area (Å²) in [7, 11) is 0. The molecule has 0 aromatic rings. The average Bonchev–Trinajstić information content (AvgIpc) is 1.89. The molecule has 1 rings (SSSR count). The lowest BCUT2D eigenvalue weighted by Crippen LogP contribution is -2.43. The van der Waals surface area contributed by atoms with E-state index < -0.39 is 11.8 Å². The van der Waals surface area contributed by atoms with Gasteiger partial charge in [-0.05, 0) is 12.8 Å². The van der Waals surface area contributed by atoms with Crippen molar-refractivity contribution in [2.75, 3.05) is 6.61 Å². The molecule has 1 atom stereocenters. The third-order valence-corrected chi connectivity index (χ3v) is 1.59. The predicted molar refractivity (Wildman–Crippen MR) is 32.4 cm³/mol. The molecule has 1 aliphatic rings. The molecule has 0 bridgehead atoms. The molecule has 0 aromatic heterocycles. The minimum atomic E-state index is -1.90. The van der Waals surface area contributed by atoms with Crippen LogP contribution in [0.1, 0.15) is 19.3 Å². The zero-order valence-corrected chi connectivity index (χ0v) is 5.54. The molecule has 0 aromatic carbocycles. The number of hydrogen-bond acceptors (Lipinski definition) is 3. The maximum atomic E-state index is 10.3. The van der Waals surface area contributed by atoms with Crippen molar-refractivity contribution in [3.05, 3.63) is 0 Å². The highest BCUT2D eigenvalue weighted by Crippen LogP contribution is 2.21. The third kappa shape index (κ3) is 1.27. The maximum absolute atomic E-state index is 10.3. The van der Waals surface area contributed by atoms with E-state index in [4.69, 9.17) is 10.2 Å². The van der Waals surface area contributed by atoms with E-state index in [1.807, 2.05) is 0 Å². The first-order chi connectivity index (χ1) is 4.65. The van der Waals surface area contributed by atoms with Gasteiger partial charge in [-0.15, -0.1) is 0 Å². The van der Waals surface area contributed by atoms with Gasteiger partial charge in [0.05, 0.1) is 6.61 Å². The van der Waals surface area contributed by atoms with E-state index >= 15 is 0 Å². The largest absolute Gasteiger partial charge is 0.477 e. The summed E-state index contributed by atoms with van der Waals surface area (Å²) in [6.45, 7) is 0.336. The number of aliphatic carboxylic acids is 1. The highest BCUT2D eigenvalue weighted by molar-refractivity contribution is 5.75. The van der Waals surface area contributed by atoms with Gasteiger partial charge in [0.25, 0.3) is 5.79 Å². The zero-order chi connectivity index (χ0) is 7.61. The second-order valence-electron chi connectivity index (χ2n) is 2.40. The molecule has 1 saturated heterocycles. The molecule has 2 N–H and O–H groups in total. The van der Waals surface area contributed by atoms with Gasteiger partial charge in [-0.1, -0.05) is 0 Å². The fourth-order valence-corrected chi connectivity index (χ4v) is 0.949. The van der Waals surface area contributed by atoms with E-state index in [2.05, 4.69) is 4.74 Å². The lowest BCUT2D eigenvalue weighted by atomic mass is 10.1. The summed E-state index contributed by atoms with van der Waals surface area (Å²) in [6.07, 6.45) is 1.74. The van der Waals surface area contributed by atoms with Crippen LogP contribution in [0.3, 0.4) is 0 Å². The van der Waals surface area contributed by atoms with Crippen LogP contribution in [0.2, 0.25) is 0 Å². The summed E-state index contributed by atoms with van der Waals surface area (Å²) < 4.78 is 4.68. The smallest absolute Gasteiger partial charge is 0.364 e. The first-order valence-corrected chi connectivity index (χ1v) is 3.25. The van der Waals surface area contributed by atoms with Gasteiger partial charge in [0.1, 0.15) is 0 Å². The molecule has 0 aliphatic carbocycles. The fourth-order valence-electron chi connectivity index (χ4n) is 0.949. The molecule has 0 spiro atoms. The first-order valence-electron chi connectivity index (χ1n) is 3.25.